The Morgan fingerprint density at radius 3 is 1.01 bits per heavy atom. The van der Waals surface area contributed by atoms with E-state index in [1.54, 1.807) is 0 Å². The maximum Gasteiger partial charge on any atom is 0.422 e. The third-order valence-electron chi connectivity index (χ3n) is 14.6. The zero-order chi connectivity index (χ0) is 60.1. The molecule has 12 saturated heterocycles. The SMILES string of the molecule is C=C(C(=O)OCC(=O)OC1C2CC3C(O2)C1OS3(=O)=O)C(F)(F)F.C=C(C)C(=O)OC1C2CC3C(O2)C1OS3(=O)=O.C=C(C)C(=O)OCC(=O)OC1C2CC3C(O2)C1OS3(=O)=O.C=CC(=O)OCC(=O)OC1C2CC3C(O2)C1OS3(=O)=O. The lowest BCUT2D eigenvalue weighted by molar-refractivity contribution is -0.168. The number of carbonyl (C=O) groups is 7. The molecular formula is C45H49F3O30S4. The average molecular weight is 1260 g/mol. The number of fused-ring (bicyclic) bond motifs is 4. The van der Waals surface area contributed by atoms with Gasteiger partial charge < -0.3 is 52.1 Å². The highest BCUT2D eigenvalue weighted by Gasteiger charge is 2.70. The summed E-state index contributed by atoms with van der Waals surface area (Å²) >= 11 is 0. The predicted molar refractivity (Wildman–Crippen MR) is 251 cm³/mol. The maximum absolute atomic E-state index is 12.2. The molecule has 12 fully saturated rings. The molecule has 37 heteroatoms. The van der Waals surface area contributed by atoms with Crippen LogP contribution in [0.25, 0.3) is 0 Å². The van der Waals surface area contributed by atoms with Gasteiger partial charge in [0.25, 0.3) is 40.5 Å². The Kier molecular flexibility index (Phi) is 16.5. The van der Waals surface area contributed by atoms with Crippen LogP contribution < -0.4 is 0 Å². The third kappa shape index (κ3) is 11.7. The van der Waals surface area contributed by atoms with Crippen LogP contribution in [-0.4, -0.2) is 220 Å². The van der Waals surface area contributed by atoms with Crippen LogP contribution >= 0.6 is 0 Å². The first kappa shape index (κ1) is 61.1. The number of hydrogen-bond acceptors (Lipinski definition) is 30. The summed E-state index contributed by atoms with van der Waals surface area (Å²) in [7, 11) is -14.6. The van der Waals surface area contributed by atoms with Gasteiger partial charge in [-0.2, -0.15) is 46.8 Å². The standard InChI is InChI=1S/C12H11F3O8S.C12H14O8S.C11H12O8S.C10H12O6S/c1-4(12(13,14)15)11(17)20-3-7(16)22-8-5-2-6-9(21-5)10(8)23-24(6,18)19;1-5(2)12(14)17-4-8(13)19-9-6-3-7-10(18-6)11(9)20-21(7,15)16;1-2-7(12)16-4-8(13)18-9-5-3-6-10(17-5)11(9)19-20(6,14)15;1-4(2)10(11)15-7-5-3-6-8(14-5)9(7)16-17(6,12)13/h5-6,8-10H,1-3H2;6-7,9-11H,1,3-4H2,2H3;2,5-6,9-11H,1,3-4H2;5-9H,1,3H2,2H3. The summed E-state index contributed by atoms with van der Waals surface area (Å²) in [6, 6.07) is 0. The van der Waals surface area contributed by atoms with Crippen LogP contribution in [0.3, 0.4) is 0 Å². The molecule has 8 bridgehead atoms. The Balaban J connectivity index is 0.000000133. The summed E-state index contributed by atoms with van der Waals surface area (Å²) in [5.74, 6) is -6.51. The van der Waals surface area contributed by atoms with Crippen molar-refractivity contribution in [2.75, 3.05) is 19.8 Å². The normalized spacial score (nSPS) is 39.2. The highest BCUT2D eigenvalue weighted by atomic mass is 32.2. The van der Waals surface area contributed by atoms with Gasteiger partial charge in [-0.05, 0) is 39.5 Å². The number of halogens is 3. The van der Waals surface area contributed by atoms with E-state index in [4.69, 9.17) is 54.6 Å². The van der Waals surface area contributed by atoms with Crippen molar-refractivity contribution in [3.05, 3.63) is 49.1 Å². The largest absolute Gasteiger partial charge is 0.454 e. The molecule has 12 aliphatic heterocycles. The van der Waals surface area contributed by atoms with Crippen LogP contribution in [0.15, 0.2) is 49.1 Å². The van der Waals surface area contributed by atoms with E-state index in [2.05, 4.69) is 40.5 Å². The van der Waals surface area contributed by atoms with Crippen LogP contribution in [-0.2, 0) is 143 Å². The van der Waals surface area contributed by atoms with Crippen LogP contribution in [0.2, 0.25) is 0 Å². The second-order valence-corrected chi connectivity index (χ2v) is 27.2. The summed E-state index contributed by atoms with van der Waals surface area (Å²) in [5, 5.41) is -2.76. The molecule has 20 unspecified atom stereocenters. The third-order valence-corrected chi connectivity index (χ3v) is 21.4. The molecule has 454 valence electrons. The number of carbonyl (C=O) groups excluding carboxylic acids is 7. The maximum atomic E-state index is 12.2. The van der Waals surface area contributed by atoms with E-state index in [9.17, 15) is 80.4 Å². The fourth-order valence-corrected chi connectivity index (χ4v) is 17.6. The van der Waals surface area contributed by atoms with Gasteiger partial charge in [-0.15, -0.1) is 0 Å². The Labute approximate surface area is 463 Å². The van der Waals surface area contributed by atoms with Gasteiger partial charge in [0.15, 0.2) is 44.2 Å². The summed E-state index contributed by atoms with van der Waals surface area (Å²) in [5.41, 5.74) is -1.32. The second kappa shape index (κ2) is 22.2. The van der Waals surface area contributed by atoms with Gasteiger partial charge >= 0.3 is 48.0 Å². The molecule has 0 aromatic rings. The van der Waals surface area contributed by atoms with Crippen LogP contribution in [0, 0.1) is 0 Å². The van der Waals surface area contributed by atoms with Gasteiger partial charge in [-0.1, -0.05) is 26.3 Å². The molecule has 0 amide bonds. The Morgan fingerprint density at radius 2 is 0.732 bits per heavy atom. The van der Waals surface area contributed by atoms with E-state index in [1.807, 2.05) is 0 Å². The highest BCUT2D eigenvalue weighted by Crippen LogP contribution is 2.51. The quantitative estimate of drug-likeness (QED) is 0.0767. The minimum atomic E-state index is -4.97. The lowest BCUT2D eigenvalue weighted by Gasteiger charge is -2.21. The first-order chi connectivity index (χ1) is 38.1. The first-order valence-electron chi connectivity index (χ1n) is 24.4. The number of ether oxygens (including phenoxy) is 11. The molecule has 0 spiro atoms. The number of hydrogen-bond donors (Lipinski definition) is 0. The molecule has 12 rings (SSSR count). The van der Waals surface area contributed by atoms with Gasteiger partial charge in [0, 0.05) is 17.2 Å². The molecule has 20 atom stereocenters. The van der Waals surface area contributed by atoms with Crippen molar-refractivity contribution in [1.29, 1.82) is 0 Å². The van der Waals surface area contributed by atoms with Gasteiger partial charge in [0.2, 0.25) is 0 Å². The number of alkyl halides is 3. The van der Waals surface area contributed by atoms with Crippen molar-refractivity contribution in [2.24, 2.45) is 0 Å². The molecule has 30 nitrogen and oxygen atoms in total. The minimum Gasteiger partial charge on any atom is -0.454 e. The zero-order valence-electron chi connectivity index (χ0n) is 42.4. The van der Waals surface area contributed by atoms with Gasteiger partial charge in [-0.3, -0.25) is 16.7 Å². The smallest absolute Gasteiger partial charge is 0.422 e. The summed E-state index contributed by atoms with van der Waals surface area (Å²) in [6.07, 6.45) is -14.2. The minimum absolute atomic E-state index is 0.0894. The van der Waals surface area contributed by atoms with Gasteiger partial charge in [0.05, 0.1) is 24.4 Å². The summed E-state index contributed by atoms with van der Waals surface area (Å²) < 4.78 is 205. The van der Waals surface area contributed by atoms with Crippen LogP contribution in [0.1, 0.15) is 39.5 Å². The molecule has 0 aromatic heterocycles. The molecule has 0 N–H and O–H groups in total. The average Bonchev–Trinajstić information content (AvgIpc) is 3.38. The fraction of sp³-hybridized carbons (Fsp3) is 0.667. The van der Waals surface area contributed by atoms with Crippen LogP contribution in [0.4, 0.5) is 13.2 Å². The molecule has 0 radical (unpaired) electrons. The van der Waals surface area contributed by atoms with E-state index < -0.39 is 226 Å². The number of rotatable bonds is 14. The first-order valence-corrected chi connectivity index (χ1v) is 30.3. The van der Waals surface area contributed by atoms with E-state index >= 15 is 0 Å². The predicted octanol–water partition coefficient (Wildman–Crippen LogP) is -2.25. The van der Waals surface area contributed by atoms with Gasteiger partial charge in [0.1, 0.15) is 75.4 Å². The Bertz CT molecular complexity index is 3220. The highest BCUT2D eigenvalue weighted by molar-refractivity contribution is 7.88. The van der Waals surface area contributed by atoms with Crippen molar-refractivity contribution in [3.8, 4) is 0 Å². The van der Waals surface area contributed by atoms with Gasteiger partial charge in [-0.25, -0.2) is 33.6 Å². The second-order valence-electron chi connectivity index (χ2n) is 20.1. The van der Waals surface area contributed by atoms with Crippen molar-refractivity contribution in [2.45, 2.75) is 164 Å². The molecule has 0 aliphatic carbocycles. The Morgan fingerprint density at radius 1 is 0.451 bits per heavy atom. The number of esters is 7. The summed E-state index contributed by atoms with van der Waals surface area (Å²) in [4.78, 5) is 79.3. The topological polar surface area (TPSA) is 394 Å². The molecule has 12 aliphatic rings. The lowest BCUT2D eigenvalue weighted by Crippen LogP contribution is -2.42. The molecule has 82 heavy (non-hydrogen) atoms. The van der Waals surface area contributed by atoms with Crippen molar-refractivity contribution in [1.82, 2.24) is 0 Å². The van der Waals surface area contributed by atoms with E-state index in [0.29, 0.717) is 6.42 Å². The molecular weight excluding hydrogens is 1210 g/mol. The Hall–Kier alpha value is -5.48. The molecule has 0 saturated carbocycles. The van der Waals surface area contributed by atoms with Crippen molar-refractivity contribution < 1.29 is 149 Å². The zero-order valence-corrected chi connectivity index (χ0v) is 45.7. The van der Waals surface area contributed by atoms with E-state index in [1.165, 1.54) is 13.8 Å². The van der Waals surface area contributed by atoms with Crippen molar-refractivity contribution in [3.63, 3.8) is 0 Å². The van der Waals surface area contributed by atoms with Crippen LogP contribution in [0.5, 0.6) is 0 Å². The van der Waals surface area contributed by atoms with E-state index in [0.717, 1.165) is 6.08 Å². The van der Waals surface area contributed by atoms with Crippen molar-refractivity contribution >= 4 is 82.3 Å². The molecule has 0 aromatic carbocycles. The summed E-state index contributed by atoms with van der Waals surface area (Å²) in [6.45, 7) is 13.3. The fourth-order valence-electron chi connectivity index (χ4n) is 11.0. The molecule has 12 heterocycles. The van der Waals surface area contributed by atoms with E-state index in [-0.39, 0.29) is 36.5 Å². The lowest BCUT2D eigenvalue weighted by atomic mass is 9.94. The monoisotopic (exact) mass is 1250 g/mol.